The normalized spacial score (nSPS) is 8.83. The molecule has 1 aromatic heterocycles. The fraction of sp³-hybridized carbons (Fsp3) is 0. The van der Waals surface area contributed by atoms with Gasteiger partial charge in [-0.3, -0.25) is 0 Å². The summed E-state index contributed by atoms with van der Waals surface area (Å²) >= 11 is 3.86. The summed E-state index contributed by atoms with van der Waals surface area (Å²) in [5, 5.41) is 5.02. The number of thiophene rings is 1. The van der Waals surface area contributed by atoms with Crippen LogP contribution in [0, 0.1) is 8.95 Å². The summed E-state index contributed by atoms with van der Waals surface area (Å²) in [6.45, 7) is 0. The summed E-state index contributed by atoms with van der Waals surface area (Å²) < 4.78 is 1.28. The van der Waals surface area contributed by atoms with Gasteiger partial charge in [0, 0.05) is 14.3 Å². The SMILES string of the molecule is Ic1c[c]sc1. The third kappa shape index (κ3) is 0.944. The first-order chi connectivity index (χ1) is 2.89. The van der Waals surface area contributed by atoms with Gasteiger partial charge in [0.05, 0.1) is 0 Å². The second-order valence-corrected chi connectivity index (χ2v) is 2.84. The molecule has 0 aromatic carbocycles. The Morgan fingerprint density at radius 2 is 2.67 bits per heavy atom. The van der Waals surface area contributed by atoms with Gasteiger partial charge in [-0.1, -0.05) is 0 Å². The zero-order valence-electron chi connectivity index (χ0n) is 2.94. The van der Waals surface area contributed by atoms with Crippen LogP contribution in [0.25, 0.3) is 0 Å². The first-order valence-corrected chi connectivity index (χ1v) is 3.45. The summed E-state index contributed by atoms with van der Waals surface area (Å²) in [6, 6.07) is 1.96. The van der Waals surface area contributed by atoms with Gasteiger partial charge in [-0.2, -0.15) is 0 Å². The molecule has 0 aliphatic heterocycles. The predicted octanol–water partition coefficient (Wildman–Crippen LogP) is 2.15. The van der Waals surface area contributed by atoms with E-state index in [1.54, 1.807) is 11.3 Å². The molecule has 0 aliphatic rings. The van der Waals surface area contributed by atoms with Crippen molar-refractivity contribution in [1.29, 1.82) is 0 Å². The van der Waals surface area contributed by atoms with Gasteiger partial charge in [-0.15, -0.1) is 11.3 Å². The number of hydrogen-bond donors (Lipinski definition) is 0. The maximum absolute atomic E-state index is 2.96. The smallest absolute Gasteiger partial charge is 0.0453 e. The second-order valence-electron chi connectivity index (χ2n) is 0.883. The Bertz CT molecular complexity index is 111. The van der Waals surface area contributed by atoms with Crippen LogP contribution >= 0.6 is 33.9 Å². The minimum atomic E-state index is 1.28. The highest BCUT2D eigenvalue weighted by molar-refractivity contribution is 14.1. The molecule has 0 N–H and O–H groups in total. The maximum Gasteiger partial charge on any atom is 0.0453 e. The lowest BCUT2D eigenvalue weighted by Gasteiger charge is -1.62. The van der Waals surface area contributed by atoms with Crippen LogP contribution in [-0.4, -0.2) is 0 Å². The summed E-state index contributed by atoms with van der Waals surface area (Å²) in [7, 11) is 0. The van der Waals surface area contributed by atoms with Crippen LogP contribution in [-0.2, 0) is 0 Å². The number of hydrogen-bond acceptors (Lipinski definition) is 1. The molecule has 1 aromatic rings. The summed E-state index contributed by atoms with van der Waals surface area (Å²) in [4.78, 5) is 0. The molecule has 6 heavy (non-hydrogen) atoms. The van der Waals surface area contributed by atoms with Gasteiger partial charge in [-0.05, 0) is 28.7 Å². The molecule has 0 nitrogen and oxygen atoms in total. The van der Waals surface area contributed by atoms with E-state index in [0.717, 1.165) is 0 Å². The average Bonchev–Trinajstić information content (AvgIpc) is 1.86. The molecule has 31 valence electrons. The zero-order chi connectivity index (χ0) is 4.41. The van der Waals surface area contributed by atoms with Crippen molar-refractivity contribution in [3.8, 4) is 0 Å². The minimum Gasteiger partial charge on any atom is -0.142 e. The summed E-state index contributed by atoms with van der Waals surface area (Å²) in [5.74, 6) is 0. The zero-order valence-corrected chi connectivity index (χ0v) is 5.91. The van der Waals surface area contributed by atoms with Crippen LogP contribution in [0.1, 0.15) is 0 Å². The molecule has 0 saturated heterocycles. The fourth-order valence-electron chi connectivity index (χ4n) is 0.215. The summed E-state index contributed by atoms with van der Waals surface area (Å²) in [6.07, 6.45) is 0. The predicted molar refractivity (Wildman–Crippen MR) is 35.9 cm³/mol. The van der Waals surface area contributed by atoms with Crippen molar-refractivity contribution in [3.63, 3.8) is 0 Å². The van der Waals surface area contributed by atoms with Gasteiger partial charge in [0.1, 0.15) is 0 Å². The molecule has 0 saturated carbocycles. The first kappa shape index (κ1) is 4.59. The van der Waals surface area contributed by atoms with Gasteiger partial charge < -0.3 is 0 Å². The summed E-state index contributed by atoms with van der Waals surface area (Å²) in [5.41, 5.74) is 0. The van der Waals surface area contributed by atoms with Crippen LogP contribution in [0.3, 0.4) is 0 Å². The van der Waals surface area contributed by atoms with Crippen LogP contribution in [0.5, 0.6) is 0 Å². The molecule has 0 aliphatic carbocycles. The molecule has 0 unspecified atom stereocenters. The highest BCUT2D eigenvalue weighted by Crippen LogP contribution is 2.06. The largest absolute Gasteiger partial charge is 0.142 e. The molecule has 1 rings (SSSR count). The highest BCUT2D eigenvalue weighted by Gasteiger charge is 1.77. The third-order valence-electron chi connectivity index (χ3n) is 0.436. The lowest BCUT2D eigenvalue weighted by Crippen LogP contribution is -1.44. The molecule has 0 bridgehead atoms. The van der Waals surface area contributed by atoms with Crippen molar-refractivity contribution in [2.24, 2.45) is 0 Å². The highest BCUT2D eigenvalue weighted by atomic mass is 127. The Kier molecular flexibility index (Phi) is 1.48. The van der Waals surface area contributed by atoms with E-state index in [-0.39, 0.29) is 0 Å². The van der Waals surface area contributed by atoms with Gasteiger partial charge in [0.15, 0.2) is 0 Å². The Morgan fingerprint density at radius 3 is 2.83 bits per heavy atom. The van der Waals surface area contributed by atoms with Crippen molar-refractivity contribution in [3.05, 3.63) is 20.4 Å². The molecule has 1 heterocycles. The van der Waals surface area contributed by atoms with Crippen molar-refractivity contribution in [1.82, 2.24) is 0 Å². The molecular weight excluding hydrogens is 207 g/mol. The van der Waals surface area contributed by atoms with Crippen molar-refractivity contribution >= 4 is 33.9 Å². The van der Waals surface area contributed by atoms with Gasteiger partial charge >= 0.3 is 0 Å². The minimum absolute atomic E-state index is 1.28. The second kappa shape index (κ2) is 1.93. The lowest BCUT2D eigenvalue weighted by atomic mass is 10.7. The van der Waals surface area contributed by atoms with Crippen LogP contribution in [0.4, 0.5) is 0 Å². The van der Waals surface area contributed by atoms with Gasteiger partial charge in [0.2, 0.25) is 0 Å². The maximum atomic E-state index is 2.96. The van der Waals surface area contributed by atoms with Crippen molar-refractivity contribution in [2.75, 3.05) is 0 Å². The molecule has 0 fully saturated rings. The molecule has 0 spiro atoms. The van der Waals surface area contributed by atoms with E-state index in [0.29, 0.717) is 0 Å². The van der Waals surface area contributed by atoms with Crippen molar-refractivity contribution in [2.45, 2.75) is 0 Å². The van der Waals surface area contributed by atoms with Crippen molar-refractivity contribution < 1.29 is 0 Å². The van der Waals surface area contributed by atoms with Crippen LogP contribution in [0.2, 0.25) is 0 Å². The molecule has 2 heteroatoms. The molecular formula is C4H2IS. The Balaban J connectivity index is 3.05. The molecule has 0 amide bonds. The van der Waals surface area contributed by atoms with Crippen LogP contribution in [0.15, 0.2) is 11.4 Å². The van der Waals surface area contributed by atoms with E-state index in [2.05, 4.69) is 33.4 Å². The van der Waals surface area contributed by atoms with Crippen LogP contribution < -0.4 is 0 Å². The Labute approximate surface area is 54.3 Å². The standard InChI is InChI=1S/C4H2IS/c5-4-1-2-6-3-4/h1,3H. The average molecular weight is 209 g/mol. The van der Waals surface area contributed by atoms with E-state index in [1.165, 1.54) is 3.57 Å². The Morgan fingerprint density at radius 1 is 1.83 bits per heavy atom. The van der Waals surface area contributed by atoms with Gasteiger partial charge in [0.25, 0.3) is 0 Å². The number of halogens is 1. The first-order valence-electron chi connectivity index (χ1n) is 1.49. The third-order valence-corrected chi connectivity index (χ3v) is 2.11. The van der Waals surface area contributed by atoms with E-state index in [1.807, 2.05) is 6.07 Å². The molecule has 1 radical (unpaired) electrons. The monoisotopic (exact) mass is 209 g/mol. The van der Waals surface area contributed by atoms with Gasteiger partial charge in [-0.25, -0.2) is 0 Å². The quantitative estimate of drug-likeness (QED) is 0.574. The van der Waals surface area contributed by atoms with E-state index in [4.69, 9.17) is 0 Å². The van der Waals surface area contributed by atoms with E-state index < -0.39 is 0 Å². The lowest BCUT2D eigenvalue weighted by molar-refractivity contribution is 1.88. The van der Waals surface area contributed by atoms with E-state index >= 15 is 0 Å². The number of rotatable bonds is 0. The Hall–Kier alpha value is 0.430. The van der Waals surface area contributed by atoms with E-state index in [9.17, 15) is 0 Å². The topological polar surface area (TPSA) is 0 Å². The fourth-order valence-corrected chi connectivity index (χ4v) is 1.41. The molecule has 0 atom stereocenters.